The summed E-state index contributed by atoms with van der Waals surface area (Å²) in [6.45, 7) is 0. The van der Waals surface area contributed by atoms with Crippen molar-refractivity contribution >= 4 is 37.6 Å². The second kappa shape index (κ2) is 6.45. The number of carbonyl (C=O) groups is 1. The lowest BCUT2D eigenvalue weighted by Crippen LogP contribution is -2.16. The third-order valence-corrected chi connectivity index (χ3v) is 5.27. The molecule has 0 saturated heterocycles. The van der Waals surface area contributed by atoms with Gasteiger partial charge in [0.2, 0.25) is 0 Å². The van der Waals surface area contributed by atoms with Crippen LogP contribution in [0.3, 0.4) is 0 Å². The largest absolute Gasteiger partial charge is 0.289 e. The van der Waals surface area contributed by atoms with E-state index in [4.69, 9.17) is 0 Å². The molecule has 0 radical (unpaired) electrons. The van der Waals surface area contributed by atoms with E-state index < -0.39 is 0 Å². The monoisotopic (exact) mass is 406 g/mol. The highest BCUT2D eigenvalue weighted by Crippen LogP contribution is 2.34. The normalized spacial score (nSPS) is 29.5. The maximum Gasteiger partial charge on any atom is 0.185 e. The first-order chi connectivity index (χ1) is 10.1. The van der Waals surface area contributed by atoms with E-state index in [2.05, 4.69) is 56.2 Å². The molecule has 0 aromatic heterocycles. The third kappa shape index (κ3) is 3.29. The Labute approximate surface area is 142 Å². The van der Waals surface area contributed by atoms with Crippen molar-refractivity contribution in [2.45, 2.75) is 32.1 Å². The number of ketones is 1. The van der Waals surface area contributed by atoms with Gasteiger partial charge in [-0.25, -0.2) is 0 Å². The third-order valence-electron chi connectivity index (χ3n) is 4.10. The van der Waals surface area contributed by atoms with Crippen molar-refractivity contribution in [3.05, 3.63) is 67.7 Å². The lowest BCUT2D eigenvalue weighted by Gasteiger charge is -2.22. The molecule has 0 aromatic carbocycles. The van der Waals surface area contributed by atoms with Gasteiger partial charge in [-0.3, -0.25) is 4.79 Å². The molecule has 0 bridgehead atoms. The van der Waals surface area contributed by atoms with Crippen LogP contribution in [0, 0.1) is 0 Å². The molecule has 0 aliphatic heterocycles. The fraction of sp³-hybridized carbons (Fsp3) is 0.278. The van der Waals surface area contributed by atoms with Gasteiger partial charge in [0.1, 0.15) is 0 Å². The van der Waals surface area contributed by atoms with Crippen molar-refractivity contribution in [3.63, 3.8) is 0 Å². The number of Topliss-reactive ketones (excluding diaryl/α,β-unsaturated/α-hetero) is 1. The maximum absolute atomic E-state index is 12.8. The summed E-state index contributed by atoms with van der Waals surface area (Å²) in [5.41, 5.74) is 4.38. The predicted octanol–water partition coefficient (Wildman–Crippen LogP) is 5.81. The van der Waals surface area contributed by atoms with Crippen LogP contribution in [-0.4, -0.2) is 5.78 Å². The maximum atomic E-state index is 12.8. The number of halogens is 2. The van der Waals surface area contributed by atoms with Crippen molar-refractivity contribution in [2.24, 2.45) is 0 Å². The van der Waals surface area contributed by atoms with E-state index in [1.54, 1.807) is 0 Å². The zero-order valence-electron chi connectivity index (χ0n) is 11.7. The van der Waals surface area contributed by atoms with E-state index >= 15 is 0 Å². The highest BCUT2D eigenvalue weighted by Gasteiger charge is 2.25. The minimum absolute atomic E-state index is 0.262. The van der Waals surface area contributed by atoms with E-state index in [9.17, 15) is 4.79 Å². The van der Waals surface area contributed by atoms with Gasteiger partial charge in [0.15, 0.2) is 5.78 Å². The second-order valence-corrected chi connectivity index (χ2v) is 7.27. The molecule has 3 aliphatic carbocycles. The van der Waals surface area contributed by atoms with Crippen LogP contribution in [-0.2, 0) is 4.79 Å². The van der Waals surface area contributed by atoms with Crippen LogP contribution in [0.2, 0.25) is 0 Å². The number of carbonyl (C=O) groups excluding carboxylic acids is 1. The summed E-state index contributed by atoms with van der Waals surface area (Å²) in [5, 5.41) is 0. The molecule has 0 atom stereocenters. The molecule has 108 valence electrons. The van der Waals surface area contributed by atoms with Gasteiger partial charge in [0.25, 0.3) is 0 Å². The van der Waals surface area contributed by atoms with Crippen molar-refractivity contribution < 1.29 is 4.79 Å². The summed E-state index contributed by atoms with van der Waals surface area (Å²) < 4.78 is 2.19. The average Bonchev–Trinajstić information content (AvgIpc) is 2.50. The minimum atomic E-state index is 0.262. The fourth-order valence-corrected chi connectivity index (χ4v) is 3.55. The summed E-state index contributed by atoms with van der Waals surface area (Å²) in [7, 11) is 0. The van der Waals surface area contributed by atoms with Crippen LogP contribution in [0.4, 0.5) is 0 Å². The number of hydrogen-bond acceptors (Lipinski definition) is 1. The molecule has 0 amide bonds. The highest BCUT2D eigenvalue weighted by molar-refractivity contribution is 9.12. The topological polar surface area (TPSA) is 17.1 Å². The SMILES string of the molecule is O=C1C(=C2C=CC(Br)=CC2)CCCC1=C1C=CC(Br)=CC1. The molecular formula is C18H16Br2O. The molecule has 0 N–H and O–H groups in total. The smallest absolute Gasteiger partial charge is 0.185 e. The Morgan fingerprint density at radius 3 is 1.62 bits per heavy atom. The minimum Gasteiger partial charge on any atom is -0.289 e. The quantitative estimate of drug-likeness (QED) is 0.463. The molecular weight excluding hydrogens is 392 g/mol. The van der Waals surface area contributed by atoms with E-state index in [0.29, 0.717) is 0 Å². The van der Waals surface area contributed by atoms with Gasteiger partial charge in [-0.1, -0.05) is 56.2 Å². The summed E-state index contributed by atoms with van der Waals surface area (Å²) in [6.07, 6.45) is 17.0. The molecule has 1 fully saturated rings. The molecule has 0 aromatic rings. The first-order valence-corrected chi connectivity index (χ1v) is 8.80. The van der Waals surface area contributed by atoms with Gasteiger partial charge in [0.05, 0.1) is 0 Å². The van der Waals surface area contributed by atoms with Crippen LogP contribution in [0.1, 0.15) is 32.1 Å². The van der Waals surface area contributed by atoms with E-state index in [1.165, 1.54) is 11.1 Å². The van der Waals surface area contributed by atoms with Gasteiger partial charge < -0.3 is 0 Å². The van der Waals surface area contributed by atoms with Crippen molar-refractivity contribution in [1.29, 1.82) is 0 Å². The van der Waals surface area contributed by atoms with Gasteiger partial charge in [-0.05, 0) is 55.4 Å². The van der Waals surface area contributed by atoms with Gasteiger partial charge in [0, 0.05) is 20.1 Å². The summed E-state index contributed by atoms with van der Waals surface area (Å²) in [4.78, 5) is 12.8. The van der Waals surface area contributed by atoms with Crippen LogP contribution < -0.4 is 0 Å². The van der Waals surface area contributed by atoms with E-state index in [0.717, 1.165) is 52.2 Å². The highest BCUT2D eigenvalue weighted by atomic mass is 79.9. The molecule has 1 nitrogen and oxygen atoms in total. The molecule has 3 heteroatoms. The molecule has 3 aliphatic rings. The van der Waals surface area contributed by atoms with E-state index in [1.807, 2.05) is 12.2 Å². The van der Waals surface area contributed by atoms with Crippen molar-refractivity contribution in [3.8, 4) is 0 Å². The average molecular weight is 408 g/mol. The van der Waals surface area contributed by atoms with Crippen LogP contribution in [0.25, 0.3) is 0 Å². The Balaban J connectivity index is 1.92. The Hall–Kier alpha value is -0.930. The Morgan fingerprint density at radius 1 is 0.762 bits per heavy atom. The number of hydrogen-bond donors (Lipinski definition) is 0. The lowest BCUT2D eigenvalue weighted by molar-refractivity contribution is -0.113. The number of rotatable bonds is 0. The Morgan fingerprint density at radius 2 is 1.24 bits per heavy atom. The van der Waals surface area contributed by atoms with Gasteiger partial charge >= 0.3 is 0 Å². The predicted molar refractivity (Wildman–Crippen MR) is 94.4 cm³/mol. The van der Waals surface area contributed by atoms with Crippen molar-refractivity contribution in [2.75, 3.05) is 0 Å². The second-order valence-electron chi connectivity index (χ2n) is 5.44. The summed E-state index contributed by atoms with van der Waals surface area (Å²) >= 11 is 6.94. The zero-order valence-corrected chi connectivity index (χ0v) is 14.8. The van der Waals surface area contributed by atoms with Crippen LogP contribution >= 0.6 is 31.9 Å². The molecule has 1 saturated carbocycles. The van der Waals surface area contributed by atoms with Crippen molar-refractivity contribution in [1.82, 2.24) is 0 Å². The fourth-order valence-electron chi connectivity index (χ4n) is 2.96. The summed E-state index contributed by atoms with van der Waals surface area (Å²) in [5.74, 6) is 0.262. The van der Waals surface area contributed by atoms with Crippen LogP contribution in [0.5, 0.6) is 0 Å². The molecule has 0 spiro atoms. The molecule has 0 heterocycles. The standard InChI is InChI=1S/C18H16Br2O/c19-14-8-4-12(5-9-14)16-2-1-3-17(18(16)21)13-6-10-15(20)11-7-13/h4,6,8-11H,1-3,5,7H2. The van der Waals surface area contributed by atoms with Crippen LogP contribution in [0.15, 0.2) is 67.7 Å². The molecule has 3 rings (SSSR count). The Kier molecular flexibility index (Phi) is 4.60. The lowest BCUT2D eigenvalue weighted by atomic mass is 9.81. The zero-order chi connectivity index (χ0) is 14.8. The first kappa shape index (κ1) is 15.0. The summed E-state index contributed by atoms with van der Waals surface area (Å²) in [6, 6.07) is 0. The molecule has 21 heavy (non-hydrogen) atoms. The molecule has 0 unspecified atom stereocenters. The first-order valence-electron chi connectivity index (χ1n) is 7.21. The van der Waals surface area contributed by atoms with E-state index in [-0.39, 0.29) is 5.78 Å². The Bertz CT molecular complexity index is 613. The van der Waals surface area contributed by atoms with Gasteiger partial charge in [-0.15, -0.1) is 0 Å². The van der Waals surface area contributed by atoms with Gasteiger partial charge in [-0.2, -0.15) is 0 Å². The number of allylic oxidation sites excluding steroid dienone is 12.